The summed E-state index contributed by atoms with van der Waals surface area (Å²) in [7, 11) is 0. The van der Waals surface area contributed by atoms with Gasteiger partial charge < -0.3 is 5.73 Å². The highest BCUT2D eigenvalue weighted by molar-refractivity contribution is 8.13. The monoisotopic (exact) mass is 298 g/mol. The molecule has 0 aliphatic heterocycles. The first-order valence-corrected chi connectivity index (χ1v) is 8.12. The lowest BCUT2D eigenvalue weighted by Crippen LogP contribution is -2.09. The smallest absolute Gasteiger partial charge is 0.154 e. The highest BCUT2D eigenvalue weighted by atomic mass is 32.2. The van der Waals surface area contributed by atoms with Crippen LogP contribution in [0.2, 0.25) is 0 Å². The van der Waals surface area contributed by atoms with Crippen molar-refractivity contribution in [1.82, 2.24) is 0 Å². The molecule has 0 heterocycles. The molecule has 2 nitrogen and oxygen atoms in total. The standard InChI is InChI=1S/C18H22N2S/c1-13-9-10-14(2)17(11-13)12-21-18(19)20-15(3)16-7-5-4-6-8-16/h4-11,15H,12H2,1-3H3,(H2,19,20)/t15-/m0/s1. The maximum absolute atomic E-state index is 6.06. The van der Waals surface area contributed by atoms with E-state index in [2.05, 4.69) is 56.1 Å². The van der Waals surface area contributed by atoms with Gasteiger partial charge in [0.15, 0.2) is 5.17 Å². The minimum atomic E-state index is 0.0947. The van der Waals surface area contributed by atoms with Crippen LogP contribution in [0.4, 0.5) is 0 Å². The second-order valence-corrected chi connectivity index (χ2v) is 6.27. The van der Waals surface area contributed by atoms with Gasteiger partial charge in [-0.25, -0.2) is 0 Å². The van der Waals surface area contributed by atoms with Crippen molar-refractivity contribution in [3.05, 3.63) is 70.8 Å². The summed E-state index contributed by atoms with van der Waals surface area (Å²) in [6, 6.07) is 16.8. The van der Waals surface area contributed by atoms with E-state index in [0.717, 1.165) is 5.75 Å². The number of hydrogen-bond acceptors (Lipinski definition) is 2. The third kappa shape index (κ3) is 4.64. The van der Waals surface area contributed by atoms with Crippen LogP contribution in [-0.2, 0) is 5.75 Å². The van der Waals surface area contributed by atoms with Crippen molar-refractivity contribution >= 4 is 16.9 Å². The van der Waals surface area contributed by atoms with Crippen LogP contribution >= 0.6 is 11.8 Å². The number of benzene rings is 2. The van der Waals surface area contributed by atoms with Crippen molar-refractivity contribution in [2.45, 2.75) is 32.6 Å². The van der Waals surface area contributed by atoms with Crippen LogP contribution in [0.15, 0.2) is 53.5 Å². The Bertz CT molecular complexity index is 620. The molecule has 3 heteroatoms. The van der Waals surface area contributed by atoms with E-state index >= 15 is 0 Å². The number of nitrogens with two attached hydrogens (primary N) is 1. The van der Waals surface area contributed by atoms with Crippen LogP contribution in [0, 0.1) is 13.8 Å². The minimum Gasteiger partial charge on any atom is -0.379 e. The van der Waals surface area contributed by atoms with Crippen LogP contribution < -0.4 is 5.73 Å². The predicted molar refractivity (Wildman–Crippen MR) is 93.7 cm³/mol. The molecule has 2 aromatic rings. The number of nitrogens with zero attached hydrogens (tertiary/aromatic N) is 1. The Morgan fingerprint density at radius 2 is 1.86 bits per heavy atom. The average molecular weight is 298 g/mol. The molecule has 0 aliphatic carbocycles. The quantitative estimate of drug-likeness (QED) is 0.661. The van der Waals surface area contributed by atoms with Crippen molar-refractivity contribution < 1.29 is 0 Å². The Hall–Kier alpha value is -1.74. The van der Waals surface area contributed by atoms with E-state index in [1.165, 1.54) is 22.3 Å². The third-order valence-electron chi connectivity index (χ3n) is 3.48. The normalized spacial score (nSPS) is 13.2. The number of aryl methyl sites for hydroxylation is 2. The highest BCUT2D eigenvalue weighted by Crippen LogP contribution is 2.21. The van der Waals surface area contributed by atoms with E-state index in [1.807, 2.05) is 18.2 Å². The van der Waals surface area contributed by atoms with Crippen molar-refractivity contribution in [3.63, 3.8) is 0 Å². The van der Waals surface area contributed by atoms with Gasteiger partial charge in [-0.15, -0.1) is 0 Å². The molecule has 0 bridgehead atoms. The Balaban J connectivity index is 1.99. The highest BCUT2D eigenvalue weighted by Gasteiger charge is 2.05. The lowest BCUT2D eigenvalue weighted by atomic mass is 10.1. The molecule has 2 rings (SSSR count). The fourth-order valence-corrected chi connectivity index (χ4v) is 2.99. The summed E-state index contributed by atoms with van der Waals surface area (Å²) < 4.78 is 0. The molecule has 21 heavy (non-hydrogen) atoms. The Kier molecular flexibility index (Phi) is 5.45. The summed E-state index contributed by atoms with van der Waals surface area (Å²) in [4.78, 5) is 4.57. The molecule has 2 N–H and O–H groups in total. The zero-order valence-corrected chi connectivity index (χ0v) is 13.7. The lowest BCUT2D eigenvalue weighted by Gasteiger charge is -2.10. The van der Waals surface area contributed by atoms with Gasteiger partial charge in [0.05, 0.1) is 6.04 Å². The van der Waals surface area contributed by atoms with Crippen LogP contribution in [0.5, 0.6) is 0 Å². The van der Waals surface area contributed by atoms with Gasteiger partial charge in [-0.2, -0.15) is 0 Å². The van der Waals surface area contributed by atoms with Crippen molar-refractivity contribution in [2.75, 3.05) is 0 Å². The second kappa shape index (κ2) is 7.32. The van der Waals surface area contributed by atoms with Crippen molar-refractivity contribution in [3.8, 4) is 0 Å². The van der Waals surface area contributed by atoms with Gasteiger partial charge in [-0.1, -0.05) is 65.9 Å². The number of thioether (sulfide) groups is 1. The first-order valence-electron chi connectivity index (χ1n) is 7.13. The average Bonchev–Trinajstić information content (AvgIpc) is 2.49. The van der Waals surface area contributed by atoms with Gasteiger partial charge in [-0.3, -0.25) is 4.99 Å². The summed E-state index contributed by atoms with van der Waals surface area (Å²) in [6.45, 7) is 6.32. The number of rotatable bonds is 4. The van der Waals surface area contributed by atoms with E-state index in [0.29, 0.717) is 5.17 Å². The minimum absolute atomic E-state index is 0.0947. The predicted octanol–water partition coefficient (Wildman–Crippen LogP) is 4.61. The van der Waals surface area contributed by atoms with Gasteiger partial charge in [0.2, 0.25) is 0 Å². The largest absolute Gasteiger partial charge is 0.379 e. The molecule has 1 atom stereocenters. The maximum Gasteiger partial charge on any atom is 0.154 e. The molecule has 0 spiro atoms. The van der Waals surface area contributed by atoms with Crippen LogP contribution in [0.3, 0.4) is 0 Å². The first kappa shape index (κ1) is 15.6. The van der Waals surface area contributed by atoms with E-state index < -0.39 is 0 Å². The van der Waals surface area contributed by atoms with E-state index in [-0.39, 0.29) is 6.04 Å². The summed E-state index contributed by atoms with van der Waals surface area (Å²) in [6.07, 6.45) is 0. The van der Waals surface area contributed by atoms with Gasteiger partial charge in [-0.05, 0) is 37.5 Å². The van der Waals surface area contributed by atoms with Gasteiger partial charge in [0, 0.05) is 5.75 Å². The number of amidine groups is 1. The lowest BCUT2D eigenvalue weighted by molar-refractivity contribution is 0.822. The topological polar surface area (TPSA) is 38.4 Å². The maximum atomic E-state index is 6.06. The van der Waals surface area contributed by atoms with Gasteiger partial charge in [0.1, 0.15) is 0 Å². The van der Waals surface area contributed by atoms with Crippen LogP contribution in [0.25, 0.3) is 0 Å². The zero-order valence-electron chi connectivity index (χ0n) is 12.8. The molecule has 0 radical (unpaired) electrons. The Morgan fingerprint density at radius 1 is 1.14 bits per heavy atom. The van der Waals surface area contributed by atoms with Gasteiger partial charge >= 0.3 is 0 Å². The molecule has 0 saturated carbocycles. The summed E-state index contributed by atoms with van der Waals surface area (Å²) in [5.41, 5.74) is 11.2. The number of aliphatic imine (C=N–C) groups is 1. The molecule has 0 unspecified atom stereocenters. The van der Waals surface area contributed by atoms with Crippen LogP contribution in [0.1, 0.15) is 35.2 Å². The summed E-state index contributed by atoms with van der Waals surface area (Å²) >= 11 is 1.60. The molecule has 0 fully saturated rings. The second-order valence-electron chi connectivity index (χ2n) is 5.27. The summed E-state index contributed by atoms with van der Waals surface area (Å²) in [5, 5.41) is 0.646. The molecule has 110 valence electrons. The molecule has 0 saturated heterocycles. The molecule has 0 aromatic heterocycles. The van der Waals surface area contributed by atoms with Crippen LogP contribution in [-0.4, -0.2) is 5.17 Å². The molecule has 0 amide bonds. The SMILES string of the molecule is Cc1ccc(C)c(CSC(N)=N[C@@H](C)c2ccccc2)c1. The zero-order chi connectivity index (χ0) is 15.2. The Morgan fingerprint density at radius 3 is 2.57 bits per heavy atom. The van der Waals surface area contributed by atoms with E-state index in [4.69, 9.17) is 5.73 Å². The Labute approximate surface area is 131 Å². The molecule has 2 aromatic carbocycles. The van der Waals surface area contributed by atoms with Gasteiger partial charge in [0.25, 0.3) is 0 Å². The van der Waals surface area contributed by atoms with Crippen molar-refractivity contribution in [2.24, 2.45) is 10.7 Å². The fraction of sp³-hybridized carbons (Fsp3) is 0.278. The fourth-order valence-electron chi connectivity index (χ4n) is 2.14. The van der Waals surface area contributed by atoms with E-state index in [1.54, 1.807) is 11.8 Å². The molecule has 0 aliphatic rings. The van der Waals surface area contributed by atoms with Crippen molar-refractivity contribution in [1.29, 1.82) is 0 Å². The molecular formula is C18H22N2S. The first-order chi connectivity index (χ1) is 10.1. The van der Waals surface area contributed by atoms with E-state index in [9.17, 15) is 0 Å². The summed E-state index contributed by atoms with van der Waals surface area (Å²) in [5.74, 6) is 0.865. The molecular weight excluding hydrogens is 276 g/mol. The third-order valence-corrected chi connectivity index (χ3v) is 4.34. The number of hydrogen-bond donors (Lipinski definition) is 1.